The van der Waals surface area contributed by atoms with Gasteiger partial charge in [0.1, 0.15) is 11.3 Å². The highest BCUT2D eigenvalue weighted by Crippen LogP contribution is 2.30. The van der Waals surface area contributed by atoms with Crippen LogP contribution in [0.2, 0.25) is 0 Å². The summed E-state index contributed by atoms with van der Waals surface area (Å²) in [5, 5.41) is 4.97. The van der Waals surface area contributed by atoms with Crippen molar-refractivity contribution in [2.75, 3.05) is 31.1 Å². The zero-order valence-corrected chi connectivity index (χ0v) is 14.8. The van der Waals surface area contributed by atoms with E-state index in [1.807, 2.05) is 0 Å². The zero-order valence-electron chi connectivity index (χ0n) is 14.8. The van der Waals surface area contributed by atoms with Gasteiger partial charge in [0, 0.05) is 31.1 Å². The molecule has 1 unspecified atom stereocenters. The van der Waals surface area contributed by atoms with E-state index in [0.717, 1.165) is 32.6 Å². The molecule has 0 spiro atoms. The third-order valence-corrected chi connectivity index (χ3v) is 5.59. The predicted molar refractivity (Wildman–Crippen MR) is 94.5 cm³/mol. The van der Waals surface area contributed by atoms with Gasteiger partial charge in [0.05, 0.1) is 0 Å². The van der Waals surface area contributed by atoms with Crippen LogP contribution in [0.3, 0.4) is 0 Å². The van der Waals surface area contributed by atoms with Crippen LogP contribution in [0, 0.1) is 25.5 Å². The predicted octanol–water partition coefficient (Wildman–Crippen LogP) is 2.46. The van der Waals surface area contributed by atoms with Crippen molar-refractivity contribution in [3.8, 4) is 0 Å². The molecule has 2 aliphatic rings. The van der Waals surface area contributed by atoms with E-state index in [1.54, 1.807) is 24.4 Å². The van der Waals surface area contributed by atoms with Gasteiger partial charge in [0.25, 0.3) is 0 Å². The fourth-order valence-corrected chi connectivity index (χ4v) is 4.28. The van der Waals surface area contributed by atoms with Crippen LogP contribution in [0.4, 0.5) is 14.7 Å². The van der Waals surface area contributed by atoms with E-state index < -0.39 is 11.6 Å². The Morgan fingerprint density at radius 2 is 1.92 bits per heavy atom. The minimum absolute atomic E-state index is 0.0249. The molecule has 1 aromatic carbocycles. The molecule has 4 heterocycles. The van der Waals surface area contributed by atoms with Gasteiger partial charge >= 0.3 is 0 Å². The van der Waals surface area contributed by atoms with Crippen molar-refractivity contribution in [1.82, 2.24) is 24.5 Å². The van der Waals surface area contributed by atoms with Crippen molar-refractivity contribution in [2.24, 2.45) is 0 Å². The lowest BCUT2D eigenvalue weighted by Crippen LogP contribution is -2.51. The molecule has 2 aromatic heterocycles. The number of aromatic nitrogens is 4. The fraction of sp³-hybridized carbons (Fsp3) is 0.500. The van der Waals surface area contributed by atoms with Crippen LogP contribution in [-0.2, 0) is 0 Å². The standard InChI is InChI=1S/C18H20F2N6/c1-10-8-13-16(15(20)14(10)19)22-18(26-17(13)21-11(2)23-26)25-7-6-24-5-3-4-12(24)9-25/h8,12H,3-7,9H2,1-2H3. The maximum absolute atomic E-state index is 14.6. The molecule has 8 heteroatoms. The molecule has 5 rings (SSSR count). The largest absolute Gasteiger partial charge is 0.338 e. The van der Waals surface area contributed by atoms with Crippen LogP contribution in [0.15, 0.2) is 6.07 Å². The summed E-state index contributed by atoms with van der Waals surface area (Å²) in [6.45, 7) is 7.04. The van der Waals surface area contributed by atoms with Crippen molar-refractivity contribution in [1.29, 1.82) is 0 Å². The fourth-order valence-electron chi connectivity index (χ4n) is 4.28. The third kappa shape index (κ3) is 2.21. The molecule has 2 aliphatic heterocycles. The lowest BCUT2D eigenvalue weighted by atomic mass is 10.1. The van der Waals surface area contributed by atoms with Gasteiger partial charge in [-0.25, -0.2) is 18.7 Å². The molecule has 0 amide bonds. The Labute approximate surface area is 149 Å². The number of aryl methyl sites for hydroxylation is 2. The molecule has 0 N–H and O–H groups in total. The summed E-state index contributed by atoms with van der Waals surface area (Å²) in [6, 6.07) is 2.09. The molecule has 1 atom stereocenters. The Bertz CT molecular complexity index is 1030. The van der Waals surface area contributed by atoms with Gasteiger partial charge in [-0.15, -0.1) is 5.10 Å². The van der Waals surface area contributed by atoms with Crippen LogP contribution in [0.5, 0.6) is 0 Å². The van der Waals surface area contributed by atoms with Gasteiger partial charge in [0.2, 0.25) is 5.95 Å². The highest BCUT2D eigenvalue weighted by Gasteiger charge is 2.32. The number of hydrogen-bond acceptors (Lipinski definition) is 5. The lowest BCUT2D eigenvalue weighted by Gasteiger charge is -2.37. The number of fused-ring (bicyclic) bond motifs is 4. The number of benzene rings is 1. The first-order chi connectivity index (χ1) is 12.5. The lowest BCUT2D eigenvalue weighted by molar-refractivity contribution is 0.229. The molecule has 0 radical (unpaired) electrons. The van der Waals surface area contributed by atoms with E-state index in [0.29, 0.717) is 28.8 Å². The topological polar surface area (TPSA) is 49.6 Å². The highest BCUT2D eigenvalue weighted by molar-refractivity contribution is 5.93. The van der Waals surface area contributed by atoms with Crippen molar-refractivity contribution in [3.63, 3.8) is 0 Å². The first-order valence-electron chi connectivity index (χ1n) is 9.03. The second-order valence-corrected chi connectivity index (χ2v) is 7.30. The quantitative estimate of drug-likeness (QED) is 0.669. The van der Waals surface area contributed by atoms with Crippen LogP contribution in [0.1, 0.15) is 24.2 Å². The number of halogens is 2. The molecule has 26 heavy (non-hydrogen) atoms. The monoisotopic (exact) mass is 358 g/mol. The average Bonchev–Trinajstić information content (AvgIpc) is 3.24. The Morgan fingerprint density at radius 1 is 1.08 bits per heavy atom. The van der Waals surface area contributed by atoms with E-state index in [-0.39, 0.29) is 11.1 Å². The normalized spacial score (nSPS) is 21.1. The van der Waals surface area contributed by atoms with Gasteiger partial charge in [-0.2, -0.15) is 4.52 Å². The van der Waals surface area contributed by atoms with Crippen molar-refractivity contribution < 1.29 is 8.78 Å². The Kier molecular flexibility index (Phi) is 3.40. The molecule has 0 bridgehead atoms. The SMILES string of the molecule is Cc1nc2c3cc(C)c(F)c(F)c3nc(N3CCN4CCCC4C3)n2n1. The molecule has 6 nitrogen and oxygen atoms in total. The number of nitrogens with zero attached hydrogens (tertiary/aromatic N) is 6. The maximum Gasteiger partial charge on any atom is 0.229 e. The molecular formula is C18H20F2N6. The summed E-state index contributed by atoms with van der Waals surface area (Å²) < 4.78 is 30.5. The van der Waals surface area contributed by atoms with E-state index in [9.17, 15) is 8.78 Å². The van der Waals surface area contributed by atoms with Gasteiger partial charge in [-0.3, -0.25) is 4.90 Å². The number of hydrogen-bond donors (Lipinski definition) is 0. The second kappa shape index (κ2) is 5.57. The minimum Gasteiger partial charge on any atom is -0.338 e. The summed E-state index contributed by atoms with van der Waals surface area (Å²) in [4.78, 5) is 13.6. The summed E-state index contributed by atoms with van der Waals surface area (Å²) in [6.07, 6.45) is 2.37. The van der Waals surface area contributed by atoms with Gasteiger partial charge in [0.15, 0.2) is 17.3 Å². The summed E-state index contributed by atoms with van der Waals surface area (Å²) in [5.41, 5.74) is 0.793. The Balaban J connectivity index is 1.73. The van der Waals surface area contributed by atoms with E-state index >= 15 is 0 Å². The van der Waals surface area contributed by atoms with Crippen LogP contribution in [-0.4, -0.2) is 56.7 Å². The van der Waals surface area contributed by atoms with Gasteiger partial charge in [-0.05, 0) is 44.9 Å². The highest BCUT2D eigenvalue weighted by atomic mass is 19.2. The summed E-state index contributed by atoms with van der Waals surface area (Å²) >= 11 is 0. The van der Waals surface area contributed by atoms with Crippen LogP contribution in [0.25, 0.3) is 16.6 Å². The second-order valence-electron chi connectivity index (χ2n) is 7.30. The number of rotatable bonds is 1. The third-order valence-electron chi connectivity index (χ3n) is 5.59. The van der Waals surface area contributed by atoms with E-state index in [1.165, 1.54) is 6.42 Å². The van der Waals surface area contributed by atoms with Gasteiger partial charge in [-0.1, -0.05) is 0 Å². The molecule has 136 valence electrons. The molecule has 2 fully saturated rings. The Hall–Kier alpha value is -2.35. The summed E-state index contributed by atoms with van der Waals surface area (Å²) in [5.74, 6) is -0.634. The molecule has 0 saturated carbocycles. The van der Waals surface area contributed by atoms with Crippen LogP contribution >= 0.6 is 0 Å². The molecule has 3 aromatic rings. The van der Waals surface area contributed by atoms with Crippen LogP contribution < -0.4 is 4.90 Å². The first-order valence-corrected chi connectivity index (χ1v) is 9.03. The molecule has 2 saturated heterocycles. The smallest absolute Gasteiger partial charge is 0.229 e. The number of piperazine rings is 1. The van der Waals surface area contributed by atoms with Crippen molar-refractivity contribution in [3.05, 3.63) is 29.1 Å². The molecular weight excluding hydrogens is 338 g/mol. The van der Waals surface area contributed by atoms with Crippen molar-refractivity contribution in [2.45, 2.75) is 32.7 Å². The number of anilines is 1. The minimum atomic E-state index is -0.913. The van der Waals surface area contributed by atoms with Crippen molar-refractivity contribution >= 4 is 22.5 Å². The first kappa shape index (κ1) is 15.9. The van der Waals surface area contributed by atoms with Gasteiger partial charge < -0.3 is 4.90 Å². The maximum atomic E-state index is 14.6. The molecule has 0 aliphatic carbocycles. The average molecular weight is 358 g/mol. The zero-order chi connectivity index (χ0) is 18.0. The van der Waals surface area contributed by atoms with E-state index in [2.05, 4.69) is 24.9 Å². The summed E-state index contributed by atoms with van der Waals surface area (Å²) in [7, 11) is 0. The Morgan fingerprint density at radius 3 is 2.77 bits per heavy atom. The van der Waals surface area contributed by atoms with E-state index in [4.69, 9.17) is 0 Å².